The minimum absolute atomic E-state index is 0.0631. The third-order valence-corrected chi connectivity index (χ3v) is 6.40. The molecule has 1 aromatic heterocycles. The van der Waals surface area contributed by atoms with E-state index in [1.54, 1.807) is 47.7 Å². The Bertz CT molecular complexity index is 731. The van der Waals surface area contributed by atoms with Crippen molar-refractivity contribution in [3.8, 4) is 0 Å². The van der Waals surface area contributed by atoms with Gasteiger partial charge in [-0.15, -0.1) is 0 Å². The Morgan fingerprint density at radius 3 is 2.52 bits per heavy atom. The maximum atomic E-state index is 12.7. The number of rotatable bonds is 3. The zero-order valence-electron chi connectivity index (χ0n) is 11.3. The van der Waals surface area contributed by atoms with Gasteiger partial charge in [-0.25, -0.2) is 8.42 Å². The molecule has 0 fully saturated rings. The lowest BCUT2D eigenvalue weighted by atomic mass is 9.90. The van der Waals surface area contributed by atoms with Crippen molar-refractivity contribution in [3.05, 3.63) is 63.7 Å². The van der Waals surface area contributed by atoms with Crippen LogP contribution in [-0.2, 0) is 9.84 Å². The number of allylic oxidation sites excluding steroid dienone is 1. The van der Waals surface area contributed by atoms with Crippen molar-refractivity contribution in [2.75, 3.05) is 0 Å². The second-order valence-corrected chi connectivity index (χ2v) is 7.87. The topological polar surface area (TPSA) is 54.4 Å². The second kappa shape index (κ2) is 5.75. The zero-order chi connectivity index (χ0) is 14.9. The van der Waals surface area contributed by atoms with Gasteiger partial charge in [-0.2, -0.15) is 11.3 Å². The van der Waals surface area contributed by atoms with Crippen molar-refractivity contribution >= 4 is 21.2 Å². The fourth-order valence-corrected chi connectivity index (χ4v) is 4.96. The van der Waals surface area contributed by atoms with Crippen LogP contribution in [0.15, 0.2) is 63.0 Å². The summed E-state index contributed by atoms with van der Waals surface area (Å²) in [6.07, 6.45) is 2.05. The molecule has 3 rings (SSSR count). The molecule has 2 aromatic rings. The molecule has 21 heavy (non-hydrogen) atoms. The molecule has 0 saturated carbocycles. The number of thiophene rings is 1. The number of hydrogen-bond donors (Lipinski definition) is 1. The van der Waals surface area contributed by atoms with E-state index in [9.17, 15) is 13.5 Å². The normalized spacial score (nSPS) is 22.8. The first-order chi connectivity index (χ1) is 10.1. The van der Waals surface area contributed by atoms with Gasteiger partial charge in [0.25, 0.3) is 0 Å². The van der Waals surface area contributed by atoms with E-state index in [4.69, 9.17) is 0 Å². The second-order valence-electron chi connectivity index (χ2n) is 5.14. The van der Waals surface area contributed by atoms with E-state index in [0.717, 1.165) is 12.0 Å². The van der Waals surface area contributed by atoms with E-state index in [0.29, 0.717) is 6.42 Å². The highest BCUT2D eigenvalue weighted by Gasteiger charge is 2.31. The molecule has 1 aliphatic carbocycles. The summed E-state index contributed by atoms with van der Waals surface area (Å²) in [5, 5.41) is 14.2. The summed E-state index contributed by atoms with van der Waals surface area (Å²) in [4.78, 5) is 0.373. The molecule has 110 valence electrons. The lowest BCUT2D eigenvalue weighted by molar-refractivity contribution is 0.195. The number of aliphatic hydroxyl groups excluding tert-OH is 1. The smallest absolute Gasteiger partial charge is 0.205 e. The predicted molar refractivity (Wildman–Crippen MR) is 84.0 cm³/mol. The summed E-state index contributed by atoms with van der Waals surface area (Å²) >= 11 is 1.60. The van der Waals surface area contributed by atoms with Crippen LogP contribution in [0.4, 0.5) is 0 Å². The van der Waals surface area contributed by atoms with Crippen LogP contribution in [-0.4, -0.2) is 19.6 Å². The van der Waals surface area contributed by atoms with Crippen molar-refractivity contribution in [2.45, 2.75) is 29.8 Å². The Labute approximate surface area is 128 Å². The molecule has 1 aliphatic rings. The van der Waals surface area contributed by atoms with Gasteiger partial charge in [-0.05, 0) is 47.4 Å². The SMILES string of the molecule is O=S(=O)(C1=C[C@@H](c2ccsc2)CC[C@@H]1O)c1ccccc1. The average molecular weight is 320 g/mol. The first-order valence-electron chi connectivity index (χ1n) is 6.81. The number of sulfone groups is 1. The Morgan fingerprint density at radius 1 is 1.10 bits per heavy atom. The maximum Gasteiger partial charge on any atom is 0.205 e. The average Bonchev–Trinajstić information content (AvgIpc) is 3.03. The quantitative estimate of drug-likeness (QED) is 0.943. The molecule has 5 heteroatoms. The molecule has 0 saturated heterocycles. The highest BCUT2D eigenvalue weighted by molar-refractivity contribution is 7.95. The van der Waals surface area contributed by atoms with E-state index in [1.165, 1.54) is 0 Å². The van der Waals surface area contributed by atoms with Gasteiger partial charge in [-0.3, -0.25) is 0 Å². The molecule has 1 N–H and O–H groups in total. The fourth-order valence-electron chi connectivity index (χ4n) is 2.63. The lowest BCUT2D eigenvalue weighted by Crippen LogP contribution is -2.24. The van der Waals surface area contributed by atoms with Crippen LogP contribution in [0.25, 0.3) is 0 Å². The highest BCUT2D eigenvalue weighted by Crippen LogP contribution is 2.36. The van der Waals surface area contributed by atoms with Gasteiger partial charge >= 0.3 is 0 Å². The molecular formula is C16H16O3S2. The molecule has 0 radical (unpaired) electrons. The van der Waals surface area contributed by atoms with E-state index in [1.807, 2.05) is 16.8 Å². The number of benzene rings is 1. The molecule has 0 bridgehead atoms. The summed E-state index contributed by atoms with van der Waals surface area (Å²) in [7, 11) is -3.62. The Hall–Kier alpha value is -1.43. The largest absolute Gasteiger partial charge is 0.388 e. The molecule has 1 heterocycles. The van der Waals surface area contributed by atoms with Gasteiger partial charge in [-0.1, -0.05) is 24.3 Å². The van der Waals surface area contributed by atoms with Gasteiger partial charge in [0.15, 0.2) is 0 Å². The molecular weight excluding hydrogens is 304 g/mol. The van der Waals surface area contributed by atoms with Crippen LogP contribution < -0.4 is 0 Å². The van der Waals surface area contributed by atoms with Crippen LogP contribution in [0.2, 0.25) is 0 Å². The third-order valence-electron chi connectivity index (χ3n) is 3.78. The fraction of sp³-hybridized carbons (Fsp3) is 0.250. The Balaban J connectivity index is 2.03. The van der Waals surface area contributed by atoms with Crippen molar-refractivity contribution in [2.24, 2.45) is 0 Å². The molecule has 0 spiro atoms. The summed E-state index contributed by atoms with van der Waals surface area (Å²) in [5.74, 6) is 0.0631. The minimum Gasteiger partial charge on any atom is -0.388 e. The Kier molecular flexibility index (Phi) is 3.97. The molecule has 1 aromatic carbocycles. The van der Waals surface area contributed by atoms with Crippen LogP contribution in [0.1, 0.15) is 24.3 Å². The van der Waals surface area contributed by atoms with Crippen LogP contribution in [0, 0.1) is 0 Å². The predicted octanol–water partition coefficient (Wildman–Crippen LogP) is 3.34. The van der Waals surface area contributed by atoms with E-state index in [2.05, 4.69) is 0 Å². The van der Waals surface area contributed by atoms with E-state index in [-0.39, 0.29) is 15.7 Å². The molecule has 2 atom stereocenters. The summed E-state index contributed by atoms with van der Waals surface area (Å²) in [6.45, 7) is 0. The van der Waals surface area contributed by atoms with Gasteiger partial charge in [0, 0.05) is 5.92 Å². The maximum absolute atomic E-state index is 12.7. The standard InChI is InChI=1S/C16H16O3S2/c17-15-7-6-12(13-8-9-20-11-13)10-16(15)21(18,19)14-4-2-1-3-5-14/h1-5,8-12,15,17H,6-7H2/t12-,15-/m0/s1. The number of aliphatic hydroxyl groups is 1. The number of hydrogen-bond acceptors (Lipinski definition) is 4. The molecule has 0 amide bonds. The lowest BCUT2D eigenvalue weighted by Gasteiger charge is -2.25. The Morgan fingerprint density at radius 2 is 1.86 bits per heavy atom. The zero-order valence-corrected chi connectivity index (χ0v) is 13.0. The molecule has 0 unspecified atom stereocenters. The first-order valence-corrected chi connectivity index (χ1v) is 9.23. The van der Waals surface area contributed by atoms with Crippen LogP contribution >= 0.6 is 11.3 Å². The van der Waals surface area contributed by atoms with Gasteiger partial charge < -0.3 is 5.11 Å². The van der Waals surface area contributed by atoms with Crippen LogP contribution in [0.3, 0.4) is 0 Å². The van der Waals surface area contributed by atoms with Gasteiger partial charge in [0.2, 0.25) is 9.84 Å². The summed E-state index contributed by atoms with van der Waals surface area (Å²) < 4.78 is 25.4. The van der Waals surface area contributed by atoms with Crippen molar-refractivity contribution in [1.29, 1.82) is 0 Å². The monoisotopic (exact) mass is 320 g/mol. The van der Waals surface area contributed by atoms with Crippen molar-refractivity contribution < 1.29 is 13.5 Å². The summed E-state index contributed by atoms with van der Waals surface area (Å²) in [5.41, 5.74) is 1.12. The first kappa shape index (κ1) is 14.5. The van der Waals surface area contributed by atoms with Crippen molar-refractivity contribution in [1.82, 2.24) is 0 Å². The van der Waals surface area contributed by atoms with Crippen molar-refractivity contribution in [3.63, 3.8) is 0 Å². The van der Waals surface area contributed by atoms with Crippen LogP contribution in [0.5, 0.6) is 0 Å². The molecule has 0 aliphatic heterocycles. The van der Waals surface area contributed by atoms with Gasteiger partial charge in [0.05, 0.1) is 15.9 Å². The summed E-state index contributed by atoms with van der Waals surface area (Å²) in [6, 6.07) is 10.3. The highest BCUT2D eigenvalue weighted by atomic mass is 32.2. The van der Waals surface area contributed by atoms with E-state index >= 15 is 0 Å². The minimum atomic E-state index is -3.62. The molecule has 3 nitrogen and oxygen atoms in total. The third kappa shape index (κ3) is 2.81. The van der Waals surface area contributed by atoms with Gasteiger partial charge in [0.1, 0.15) is 0 Å². The van der Waals surface area contributed by atoms with E-state index < -0.39 is 15.9 Å².